The molecule has 1 unspecified atom stereocenters. The normalized spacial score (nSPS) is 12.9. The van der Waals surface area contributed by atoms with Gasteiger partial charge in [0.05, 0.1) is 6.04 Å². The van der Waals surface area contributed by atoms with Crippen molar-refractivity contribution in [1.29, 1.82) is 0 Å². The highest BCUT2D eigenvalue weighted by Crippen LogP contribution is 2.25. The van der Waals surface area contributed by atoms with Crippen molar-refractivity contribution < 1.29 is 0 Å². The van der Waals surface area contributed by atoms with E-state index in [9.17, 15) is 0 Å². The third kappa shape index (κ3) is 3.44. The minimum absolute atomic E-state index is 0.191. The molecule has 1 aromatic heterocycles. The standard InChI is InChI=1S/C16H22N2S/c1-11(2)14-6-4-13(5-7-14)8-16(18-17)15-10-19-9-12(15)3/h4-7,9-11,16,18H,8,17H2,1-3H3. The zero-order valence-corrected chi connectivity index (χ0v) is 12.6. The molecule has 0 radical (unpaired) electrons. The number of hydrazine groups is 1. The summed E-state index contributed by atoms with van der Waals surface area (Å²) < 4.78 is 0. The number of hydrogen-bond acceptors (Lipinski definition) is 3. The van der Waals surface area contributed by atoms with Crippen LogP contribution in [-0.2, 0) is 6.42 Å². The molecule has 3 heteroatoms. The minimum atomic E-state index is 0.191. The second-order valence-corrected chi connectivity index (χ2v) is 6.07. The van der Waals surface area contributed by atoms with Crippen LogP contribution in [0.5, 0.6) is 0 Å². The van der Waals surface area contributed by atoms with Crippen LogP contribution in [0.4, 0.5) is 0 Å². The summed E-state index contributed by atoms with van der Waals surface area (Å²) in [5, 5.41) is 4.35. The van der Waals surface area contributed by atoms with Gasteiger partial charge in [-0.2, -0.15) is 11.3 Å². The first-order valence-corrected chi connectivity index (χ1v) is 7.63. The van der Waals surface area contributed by atoms with Gasteiger partial charge >= 0.3 is 0 Å². The average Bonchev–Trinajstić information content (AvgIpc) is 2.83. The number of aryl methyl sites for hydroxylation is 1. The summed E-state index contributed by atoms with van der Waals surface area (Å²) >= 11 is 1.73. The lowest BCUT2D eigenvalue weighted by Gasteiger charge is -2.16. The lowest BCUT2D eigenvalue weighted by molar-refractivity contribution is 0.551. The van der Waals surface area contributed by atoms with E-state index in [0.29, 0.717) is 5.92 Å². The molecule has 1 heterocycles. The van der Waals surface area contributed by atoms with Crippen molar-refractivity contribution in [1.82, 2.24) is 5.43 Å². The molecule has 1 aromatic carbocycles. The summed E-state index contributed by atoms with van der Waals surface area (Å²) in [5.41, 5.74) is 8.26. The molecule has 0 saturated carbocycles. The summed E-state index contributed by atoms with van der Waals surface area (Å²) in [6.07, 6.45) is 0.923. The molecule has 0 saturated heterocycles. The lowest BCUT2D eigenvalue weighted by atomic mass is 9.96. The second-order valence-electron chi connectivity index (χ2n) is 5.33. The molecule has 1 atom stereocenters. The summed E-state index contributed by atoms with van der Waals surface area (Å²) in [4.78, 5) is 0. The molecule has 0 aliphatic rings. The van der Waals surface area contributed by atoms with Gasteiger partial charge in [-0.3, -0.25) is 11.3 Å². The molecule has 2 aromatic rings. The quantitative estimate of drug-likeness (QED) is 0.640. The maximum absolute atomic E-state index is 5.71. The zero-order chi connectivity index (χ0) is 13.8. The van der Waals surface area contributed by atoms with Gasteiger partial charge < -0.3 is 0 Å². The van der Waals surface area contributed by atoms with Crippen LogP contribution in [0, 0.1) is 6.92 Å². The molecule has 0 fully saturated rings. The van der Waals surface area contributed by atoms with E-state index in [-0.39, 0.29) is 6.04 Å². The van der Waals surface area contributed by atoms with Crippen LogP contribution in [0.15, 0.2) is 35.0 Å². The van der Waals surface area contributed by atoms with Gasteiger partial charge in [-0.15, -0.1) is 0 Å². The Kier molecular flexibility index (Phi) is 4.75. The summed E-state index contributed by atoms with van der Waals surface area (Å²) in [7, 11) is 0. The van der Waals surface area contributed by atoms with E-state index in [1.165, 1.54) is 22.3 Å². The van der Waals surface area contributed by atoms with E-state index in [1.807, 2.05) is 0 Å². The Labute approximate surface area is 119 Å². The molecule has 0 bridgehead atoms. The van der Waals surface area contributed by atoms with E-state index < -0.39 is 0 Å². The van der Waals surface area contributed by atoms with Crippen molar-refractivity contribution in [3.05, 3.63) is 57.3 Å². The molecular formula is C16H22N2S. The van der Waals surface area contributed by atoms with Gasteiger partial charge in [0.25, 0.3) is 0 Å². The van der Waals surface area contributed by atoms with E-state index >= 15 is 0 Å². The largest absolute Gasteiger partial charge is 0.271 e. The smallest absolute Gasteiger partial charge is 0.0511 e. The number of nitrogens with two attached hydrogens (primary N) is 1. The maximum Gasteiger partial charge on any atom is 0.0511 e. The zero-order valence-electron chi connectivity index (χ0n) is 11.8. The monoisotopic (exact) mass is 274 g/mol. The van der Waals surface area contributed by atoms with Crippen molar-refractivity contribution in [2.24, 2.45) is 5.84 Å². The van der Waals surface area contributed by atoms with E-state index in [1.54, 1.807) is 11.3 Å². The van der Waals surface area contributed by atoms with Crippen molar-refractivity contribution in [3.63, 3.8) is 0 Å². The second kappa shape index (κ2) is 6.33. The van der Waals surface area contributed by atoms with Crippen LogP contribution in [0.3, 0.4) is 0 Å². The Morgan fingerprint density at radius 3 is 2.32 bits per heavy atom. The molecule has 0 aliphatic carbocycles. The fourth-order valence-electron chi connectivity index (χ4n) is 2.26. The lowest BCUT2D eigenvalue weighted by Crippen LogP contribution is -2.29. The molecule has 2 rings (SSSR count). The Balaban J connectivity index is 2.13. The van der Waals surface area contributed by atoms with Gasteiger partial charge in [-0.25, -0.2) is 0 Å². The fourth-order valence-corrected chi connectivity index (χ4v) is 3.17. The first kappa shape index (κ1) is 14.3. The Morgan fingerprint density at radius 1 is 1.16 bits per heavy atom. The molecule has 0 aliphatic heterocycles. The van der Waals surface area contributed by atoms with Crippen molar-refractivity contribution in [2.75, 3.05) is 0 Å². The first-order chi connectivity index (χ1) is 9.11. The molecule has 102 valence electrons. The van der Waals surface area contributed by atoms with E-state index in [4.69, 9.17) is 5.84 Å². The maximum atomic E-state index is 5.71. The van der Waals surface area contributed by atoms with Crippen LogP contribution < -0.4 is 11.3 Å². The van der Waals surface area contributed by atoms with E-state index in [2.05, 4.69) is 61.2 Å². The van der Waals surface area contributed by atoms with Gasteiger partial charge in [0, 0.05) is 0 Å². The minimum Gasteiger partial charge on any atom is -0.271 e. The highest BCUT2D eigenvalue weighted by Gasteiger charge is 2.13. The number of rotatable bonds is 5. The molecule has 3 N–H and O–H groups in total. The first-order valence-electron chi connectivity index (χ1n) is 6.69. The third-order valence-electron chi connectivity index (χ3n) is 3.56. The fraction of sp³-hybridized carbons (Fsp3) is 0.375. The predicted octanol–water partition coefficient (Wildman–Crippen LogP) is 3.93. The molecule has 19 heavy (non-hydrogen) atoms. The van der Waals surface area contributed by atoms with Crippen LogP contribution >= 0.6 is 11.3 Å². The SMILES string of the molecule is Cc1cscc1C(Cc1ccc(C(C)C)cc1)NN. The molecule has 2 nitrogen and oxygen atoms in total. The topological polar surface area (TPSA) is 38.0 Å². The van der Waals surface area contributed by atoms with Crippen molar-refractivity contribution in [3.8, 4) is 0 Å². The number of benzene rings is 1. The molecular weight excluding hydrogens is 252 g/mol. The van der Waals surface area contributed by atoms with Gasteiger partial charge in [0.15, 0.2) is 0 Å². The Hall–Kier alpha value is -1.16. The van der Waals surface area contributed by atoms with Crippen LogP contribution in [0.1, 0.15) is 48.1 Å². The molecule has 0 amide bonds. The summed E-state index contributed by atoms with van der Waals surface area (Å²) in [6.45, 7) is 6.57. The van der Waals surface area contributed by atoms with Crippen LogP contribution in [0.25, 0.3) is 0 Å². The van der Waals surface area contributed by atoms with Crippen LogP contribution in [-0.4, -0.2) is 0 Å². The average molecular weight is 274 g/mol. The van der Waals surface area contributed by atoms with Crippen molar-refractivity contribution in [2.45, 2.75) is 39.2 Å². The van der Waals surface area contributed by atoms with Gasteiger partial charge in [0.2, 0.25) is 0 Å². The number of thiophene rings is 1. The summed E-state index contributed by atoms with van der Waals surface area (Å²) in [5.74, 6) is 6.29. The highest BCUT2D eigenvalue weighted by atomic mass is 32.1. The summed E-state index contributed by atoms with van der Waals surface area (Å²) in [6, 6.07) is 9.04. The predicted molar refractivity (Wildman–Crippen MR) is 83.4 cm³/mol. The number of hydrogen-bond donors (Lipinski definition) is 2. The highest BCUT2D eigenvalue weighted by molar-refractivity contribution is 7.08. The van der Waals surface area contributed by atoms with Gasteiger partial charge in [-0.05, 0) is 52.3 Å². The molecule has 0 spiro atoms. The van der Waals surface area contributed by atoms with Gasteiger partial charge in [-0.1, -0.05) is 38.1 Å². The van der Waals surface area contributed by atoms with Crippen LogP contribution in [0.2, 0.25) is 0 Å². The number of nitrogens with one attached hydrogen (secondary N) is 1. The van der Waals surface area contributed by atoms with Gasteiger partial charge in [0.1, 0.15) is 0 Å². The Morgan fingerprint density at radius 2 is 1.84 bits per heavy atom. The van der Waals surface area contributed by atoms with E-state index in [0.717, 1.165) is 6.42 Å². The third-order valence-corrected chi connectivity index (χ3v) is 4.44. The van der Waals surface area contributed by atoms with Crippen molar-refractivity contribution >= 4 is 11.3 Å². The Bertz CT molecular complexity index is 514.